The number of ether oxygens (including phenoxy) is 4. The molecule has 0 aliphatic carbocycles. The van der Waals surface area contributed by atoms with Crippen LogP contribution < -0.4 is 24.3 Å². The minimum atomic E-state index is -3.80. The van der Waals surface area contributed by atoms with Crippen molar-refractivity contribution in [3.05, 3.63) is 42.0 Å². The molecule has 1 N–H and O–H groups in total. The minimum Gasteiger partial charge on any atom is -0.497 e. The number of nitrogens with zero attached hydrogens (tertiary/aromatic N) is 1. The Morgan fingerprint density at radius 3 is 2.09 bits per heavy atom. The number of amides is 1. The number of rotatable bonds is 9. The first kappa shape index (κ1) is 24.7. The Balaban J connectivity index is 1.65. The molecule has 0 unspecified atom stereocenters. The predicted octanol–water partition coefficient (Wildman–Crippen LogP) is 2.44. The predicted molar refractivity (Wildman–Crippen MR) is 122 cm³/mol. The van der Waals surface area contributed by atoms with E-state index in [4.69, 9.17) is 18.9 Å². The molecule has 1 aliphatic rings. The number of benzene rings is 2. The molecule has 0 spiro atoms. The minimum absolute atomic E-state index is 0.0514. The molecule has 0 bridgehead atoms. The molecule has 1 saturated heterocycles. The Morgan fingerprint density at radius 2 is 1.55 bits per heavy atom. The van der Waals surface area contributed by atoms with Gasteiger partial charge in [-0.15, -0.1) is 0 Å². The number of nitrogens with one attached hydrogen (secondary N) is 1. The van der Waals surface area contributed by atoms with Crippen LogP contribution in [0.4, 0.5) is 0 Å². The molecule has 2 aromatic carbocycles. The second kappa shape index (κ2) is 10.8. The zero-order chi connectivity index (χ0) is 24.0. The van der Waals surface area contributed by atoms with Gasteiger partial charge in [-0.25, -0.2) is 8.42 Å². The van der Waals surface area contributed by atoms with Crippen molar-refractivity contribution in [2.45, 2.75) is 24.3 Å². The number of hydrogen-bond acceptors (Lipinski definition) is 7. The van der Waals surface area contributed by atoms with Gasteiger partial charge in [-0.3, -0.25) is 4.79 Å². The quantitative estimate of drug-likeness (QED) is 0.590. The highest BCUT2D eigenvalue weighted by molar-refractivity contribution is 7.89. The average Bonchev–Trinajstić information content (AvgIpc) is 2.86. The molecule has 33 heavy (non-hydrogen) atoms. The number of carbonyl (C=O) groups excluding carboxylic acids is 1. The second-order valence-corrected chi connectivity index (χ2v) is 9.46. The SMILES string of the molecule is COc1ccc(OC)c(S(=O)(=O)N2CCC(C(=O)NCc3c(OC)cccc3OC)CC2)c1. The molecule has 180 valence electrons. The number of sulfonamides is 1. The first-order chi connectivity index (χ1) is 15.8. The fourth-order valence-electron chi connectivity index (χ4n) is 3.91. The van der Waals surface area contributed by atoms with Gasteiger partial charge in [0.15, 0.2) is 0 Å². The van der Waals surface area contributed by atoms with Gasteiger partial charge in [0.25, 0.3) is 0 Å². The second-order valence-electron chi connectivity index (χ2n) is 7.55. The molecular weight excluding hydrogens is 448 g/mol. The Hall–Kier alpha value is -2.98. The Bertz CT molecular complexity index is 1060. The topological polar surface area (TPSA) is 103 Å². The third-order valence-corrected chi connectivity index (χ3v) is 7.70. The van der Waals surface area contributed by atoms with Crippen LogP contribution in [0.1, 0.15) is 18.4 Å². The fourth-order valence-corrected chi connectivity index (χ4v) is 5.55. The first-order valence-corrected chi connectivity index (χ1v) is 12.0. The van der Waals surface area contributed by atoms with E-state index in [0.29, 0.717) is 30.1 Å². The van der Waals surface area contributed by atoms with Gasteiger partial charge in [0.1, 0.15) is 27.9 Å². The molecule has 0 aromatic heterocycles. The van der Waals surface area contributed by atoms with Gasteiger partial charge in [-0.05, 0) is 37.1 Å². The lowest BCUT2D eigenvalue weighted by molar-refractivity contribution is -0.126. The van der Waals surface area contributed by atoms with E-state index in [1.54, 1.807) is 38.5 Å². The molecule has 3 rings (SSSR count). The van der Waals surface area contributed by atoms with Crippen molar-refractivity contribution < 1.29 is 32.2 Å². The molecule has 0 saturated carbocycles. The van der Waals surface area contributed by atoms with Crippen LogP contribution in [0.25, 0.3) is 0 Å². The van der Waals surface area contributed by atoms with Crippen LogP contribution in [0.5, 0.6) is 23.0 Å². The molecular formula is C23H30N2O7S. The van der Waals surface area contributed by atoms with Crippen LogP contribution >= 0.6 is 0 Å². The van der Waals surface area contributed by atoms with Crippen LogP contribution in [0, 0.1) is 5.92 Å². The van der Waals surface area contributed by atoms with Crippen LogP contribution in [-0.2, 0) is 21.4 Å². The third kappa shape index (κ3) is 5.33. The lowest BCUT2D eigenvalue weighted by Gasteiger charge is -2.31. The Morgan fingerprint density at radius 1 is 0.939 bits per heavy atom. The van der Waals surface area contributed by atoms with Crippen molar-refractivity contribution in [3.8, 4) is 23.0 Å². The summed E-state index contributed by atoms with van der Waals surface area (Å²) in [7, 11) is 2.23. The van der Waals surface area contributed by atoms with Gasteiger partial charge in [0, 0.05) is 25.1 Å². The van der Waals surface area contributed by atoms with E-state index in [-0.39, 0.29) is 42.1 Å². The van der Waals surface area contributed by atoms with Gasteiger partial charge in [-0.1, -0.05) is 6.07 Å². The smallest absolute Gasteiger partial charge is 0.246 e. The first-order valence-electron chi connectivity index (χ1n) is 10.6. The summed E-state index contributed by atoms with van der Waals surface area (Å²) in [6, 6.07) is 10.1. The monoisotopic (exact) mass is 478 g/mol. The number of methoxy groups -OCH3 is 4. The van der Waals surface area contributed by atoms with E-state index < -0.39 is 10.0 Å². The van der Waals surface area contributed by atoms with Gasteiger partial charge >= 0.3 is 0 Å². The van der Waals surface area contributed by atoms with Crippen molar-refractivity contribution in [1.29, 1.82) is 0 Å². The Kier molecular flexibility index (Phi) is 8.04. The summed E-state index contributed by atoms with van der Waals surface area (Å²) in [5.74, 6) is 1.52. The number of carbonyl (C=O) groups is 1. The van der Waals surface area contributed by atoms with E-state index >= 15 is 0 Å². The van der Waals surface area contributed by atoms with E-state index in [0.717, 1.165) is 5.56 Å². The molecule has 2 aromatic rings. The molecule has 1 fully saturated rings. The van der Waals surface area contributed by atoms with Gasteiger partial charge in [-0.2, -0.15) is 4.31 Å². The average molecular weight is 479 g/mol. The summed E-state index contributed by atoms with van der Waals surface area (Å²) < 4.78 is 49.0. The lowest BCUT2D eigenvalue weighted by Crippen LogP contribution is -2.43. The molecule has 10 heteroatoms. The fraction of sp³-hybridized carbons (Fsp3) is 0.435. The van der Waals surface area contributed by atoms with Crippen LogP contribution in [0.2, 0.25) is 0 Å². The van der Waals surface area contributed by atoms with E-state index in [1.807, 2.05) is 6.07 Å². The third-order valence-electron chi connectivity index (χ3n) is 5.78. The number of hydrogen-bond donors (Lipinski definition) is 1. The van der Waals surface area contributed by atoms with Crippen molar-refractivity contribution in [2.75, 3.05) is 41.5 Å². The van der Waals surface area contributed by atoms with Gasteiger partial charge in [0.2, 0.25) is 15.9 Å². The van der Waals surface area contributed by atoms with Crippen molar-refractivity contribution in [3.63, 3.8) is 0 Å². The van der Waals surface area contributed by atoms with Crippen molar-refractivity contribution in [2.24, 2.45) is 5.92 Å². The highest BCUT2D eigenvalue weighted by atomic mass is 32.2. The standard InChI is InChI=1S/C23H30N2O7S/c1-29-17-8-9-21(32-4)22(14-17)33(27,28)25-12-10-16(11-13-25)23(26)24-15-18-19(30-2)6-5-7-20(18)31-3/h5-9,14,16H,10-13,15H2,1-4H3,(H,24,26). The van der Waals surface area contributed by atoms with Gasteiger partial charge in [0.05, 0.1) is 40.5 Å². The maximum atomic E-state index is 13.2. The van der Waals surface area contributed by atoms with E-state index in [2.05, 4.69) is 5.32 Å². The summed E-state index contributed by atoms with van der Waals surface area (Å²) in [6.45, 7) is 0.725. The largest absolute Gasteiger partial charge is 0.497 e. The Labute approximate surface area is 194 Å². The maximum absolute atomic E-state index is 13.2. The maximum Gasteiger partial charge on any atom is 0.246 e. The number of piperidine rings is 1. The van der Waals surface area contributed by atoms with E-state index in [1.165, 1.54) is 24.6 Å². The van der Waals surface area contributed by atoms with Crippen LogP contribution in [-0.4, -0.2) is 60.2 Å². The highest BCUT2D eigenvalue weighted by Gasteiger charge is 2.34. The zero-order valence-corrected chi connectivity index (χ0v) is 20.1. The van der Waals surface area contributed by atoms with E-state index in [9.17, 15) is 13.2 Å². The molecule has 9 nitrogen and oxygen atoms in total. The zero-order valence-electron chi connectivity index (χ0n) is 19.3. The summed E-state index contributed by atoms with van der Waals surface area (Å²) in [6.07, 6.45) is 0.834. The molecule has 1 heterocycles. The molecule has 0 atom stereocenters. The summed E-state index contributed by atoms with van der Waals surface area (Å²) in [4.78, 5) is 12.8. The summed E-state index contributed by atoms with van der Waals surface area (Å²) in [5, 5.41) is 2.93. The van der Waals surface area contributed by atoms with Crippen molar-refractivity contribution >= 4 is 15.9 Å². The lowest BCUT2D eigenvalue weighted by atomic mass is 9.97. The van der Waals surface area contributed by atoms with Crippen molar-refractivity contribution in [1.82, 2.24) is 9.62 Å². The molecule has 1 aliphatic heterocycles. The van der Waals surface area contributed by atoms with Gasteiger partial charge < -0.3 is 24.3 Å². The molecule has 1 amide bonds. The summed E-state index contributed by atoms with van der Waals surface area (Å²) in [5.41, 5.74) is 0.751. The summed E-state index contributed by atoms with van der Waals surface area (Å²) >= 11 is 0. The van der Waals surface area contributed by atoms with Crippen LogP contribution in [0.3, 0.4) is 0 Å². The van der Waals surface area contributed by atoms with Crippen LogP contribution in [0.15, 0.2) is 41.3 Å². The molecule has 0 radical (unpaired) electrons. The highest BCUT2D eigenvalue weighted by Crippen LogP contribution is 2.33. The normalized spacial score (nSPS) is 15.0.